The van der Waals surface area contributed by atoms with Crippen LogP contribution in [0.2, 0.25) is 0 Å². The number of nitrogens with one attached hydrogen (secondary N) is 1. The molecule has 1 aromatic carbocycles. The van der Waals surface area contributed by atoms with Crippen molar-refractivity contribution in [2.75, 3.05) is 0 Å². The SMILES string of the molecule is Cc1cc(-c2cnc[nH]2)ccc1[N+](=O)[O-]. The quantitative estimate of drug-likeness (QED) is 0.601. The average Bonchev–Trinajstić information content (AvgIpc) is 2.69. The summed E-state index contributed by atoms with van der Waals surface area (Å²) in [4.78, 5) is 17.1. The van der Waals surface area contributed by atoms with E-state index in [1.165, 1.54) is 6.07 Å². The number of nitro groups is 1. The van der Waals surface area contributed by atoms with Crippen LogP contribution in [0.4, 0.5) is 5.69 Å². The minimum atomic E-state index is -0.383. The largest absolute Gasteiger partial charge is 0.345 e. The highest BCUT2D eigenvalue weighted by Crippen LogP contribution is 2.24. The molecule has 2 aromatic rings. The molecule has 0 spiro atoms. The third kappa shape index (κ3) is 1.71. The maximum Gasteiger partial charge on any atom is 0.272 e. The molecule has 1 N–H and O–H groups in total. The number of rotatable bonds is 2. The molecule has 0 saturated heterocycles. The van der Waals surface area contributed by atoms with E-state index >= 15 is 0 Å². The molecular formula is C10H9N3O2. The molecule has 2 rings (SSSR count). The number of aryl methyl sites for hydroxylation is 1. The van der Waals surface area contributed by atoms with Crippen molar-refractivity contribution in [2.45, 2.75) is 6.92 Å². The van der Waals surface area contributed by atoms with Gasteiger partial charge in [0, 0.05) is 17.2 Å². The zero-order valence-electron chi connectivity index (χ0n) is 8.10. The first-order valence-corrected chi connectivity index (χ1v) is 4.42. The fourth-order valence-electron chi connectivity index (χ4n) is 1.44. The van der Waals surface area contributed by atoms with E-state index in [0.717, 1.165) is 11.3 Å². The Balaban J connectivity index is 2.47. The molecule has 0 aliphatic carbocycles. The summed E-state index contributed by atoms with van der Waals surface area (Å²) in [7, 11) is 0. The summed E-state index contributed by atoms with van der Waals surface area (Å²) in [5, 5.41) is 10.6. The van der Waals surface area contributed by atoms with E-state index in [0.29, 0.717) is 5.56 Å². The van der Waals surface area contributed by atoms with Gasteiger partial charge in [0.1, 0.15) is 0 Å². The molecule has 0 bridgehead atoms. The monoisotopic (exact) mass is 203 g/mol. The molecule has 0 fully saturated rings. The number of benzene rings is 1. The van der Waals surface area contributed by atoms with Gasteiger partial charge in [-0.15, -0.1) is 0 Å². The molecule has 0 saturated carbocycles. The number of aromatic nitrogens is 2. The van der Waals surface area contributed by atoms with Gasteiger partial charge in [-0.1, -0.05) is 0 Å². The fourth-order valence-corrected chi connectivity index (χ4v) is 1.44. The molecule has 0 aliphatic rings. The summed E-state index contributed by atoms with van der Waals surface area (Å²) in [6, 6.07) is 4.98. The van der Waals surface area contributed by atoms with Gasteiger partial charge in [-0.05, 0) is 19.1 Å². The lowest BCUT2D eigenvalue weighted by molar-refractivity contribution is -0.385. The van der Waals surface area contributed by atoms with Crippen molar-refractivity contribution in [3.8, 4) is 11.3 Å². The first kappa shape index (κ1) is 9.39. The third-order valence-corrected chi connectivity index (χ3v) is 2.20. The van der Waals surface area contributed by atoms with Gasteiger partial charge < -0.3 is 4.98 Å². The van der Waals surface area contributed by atoms with Gasteiger partial charge >= 0.3 is 0 Å². The number of hydrogen-bond acceptors (Lipinski definition) is 3. The maximum atomic E-state index is 10.6. The first-order valence-electron chi connectivity index (χ1n) is 4.42. The first-order chi connectivity index (χ1) is 7.18. The Bertz CT molecular complexity index is 491. The number of nitrogens with zero attached hydrogens (tertiary/aromatic N) is 2. The average molecular weight is 203 g/mol. The van der Waals surface area contributed by atoms with Crippen molar-refractivity contribution in [3.63, 3.8) is 0 Å². The second kappa shape index (κ2) is 3.53. The Morgan fingerprint density at radius 3 is 2.80 bits per heavy atom. The molecule has 1 aromatic heterocycles. The van der Waals surface area contributed by atoms with Crippen LogP contribution in [0, 0.1) is 17.0 Å². The summed E-state index contributed by atoms with van der Waals surface area (Å²) in [6.45, 7) is 1.72. The number of H-pyrrole nitrogens is 1. The third-order valence-electron chi connectivity index (χ3n) is 2.20. The predicted octanol–water partition coefficient (Wildman–Crippen LogP) is 2.29. The van der Waals surface area contributed by atoms with Crippen LogP contribution in [-0.2, 0) is 0 Å². The fraction of sp³-hybridized carbons (Fsp3) is 0.100. The number of imidazole rings is 1. The second-order valence-electron chi connectivity index (χ2n) is 3.22. The van der Waals surface area contributed by atoms with Crippen LogP contribution in [0.3, 0.4) is 0 Å². The van der Waals surface area contributed by atoms with Crippen molar-refractivity contribution in [1.82, 2.24) is 9.97 Å². The Kier molecular flexibility index (Phi) is 2.21. The van der Waals surface area contributed by atoms with Gasteiger partial charge in [-0.2, -0.15) is 0 Å². The topological polar surface area (TPSA) is 71.8 Å². The normalized spacial score (nSPS) is 10.2. The van der Waals surface area contributed by atoms with E-state index in [-0.39, 0.29) is 10.6 Å². The van der Waals surface area contributed by atoms with Gasteiger partial charge in [0.25, 0.3) is 5.69 Å². The van der Waals surface area contributed by atoms with Gasteiger partial charge in [0.15, 0.2) is 0 Å². The van der Waals surface area contributed by atoms with Crippen LogP contribution in [0.25, 0.3) is 11.3 Å². The highest BCUT2D eigenvalue weighted by molar-refractivity contribution is 5.62. The molecule has 0 aliphatic heterocycles. The van der Waals surface area contributed by atoms with E-state index in [1.54, 1.807) is 31.6 Å². The van der Waals surface area contributed by atoms with Crippen LogP contribution in [0.15, 0.2) is 30.7 Å². The van der Waals surface area contributed by atoms with Crippen molar-refractivity contribution >= 4 is 5.69 Å². The molecule has 5 nitrogen and oxygen atoms in total. The van der Waals surface area contributed by atoms with E-state index in [1.807, 2.05) is 0 Å². The minimum absolute atomic E-state index is 0.137. The lowest BCUT2D eigenvalue weighted by Gasteiger charge is -2.00. The standard InChI is InChI=1S/C10H9N3O2/c1-7-4-8(9-5-11-6-12-9)2-3-10(7)13(14)15/h2-6H,1H3,(H,11,12). The Morgan fingerprint density at radius 1 is 1.47 bits per heavy atom. The smallest absolute Gasteiger partial charge is 0.272 e. The predicted molar refractivity (Wildman–Crippen MR) is 55.4 cm³/mol. The molecule has 15 heavy (non-hydrogen) atoms. The van der Waals surface area contributed by atoms with Crippen LogP contribution >= 0.6 is 0 Å². The maximum absolute atomic E-state index is 10.6. The number of nitro benzene ring substituents is 1. The number of hydrogen-bond donors (Lipinski definition) is 1. The van der Waals surface area contributed by atoms with Gasteiger partial charge in [-0.25, -0.2) is 4.98 Å². The summed E-state index contributed by atoms with van der Waals surface area (Å²) < 4.78 is 0. The number of aromatic amines is 1. The van der Waals surface area contributed by atoms with E-state index in [9.17, 15) is 10.1 Å². The van der Waals surface area contributed by atoms with Crippen molar-refractivity contribution in [3.05, 3.63) is 46.4 Å². The highest BCUT2D eigenvalue weighted by atomic mass is 16.6. The lowest BCUT2D eigenvalue weighted by atomic mass is 10.1. The molecule has 0 amide bonds. The Morgan fingerprint density at radius 2 is 2.27 bits per heavy atom. The van der Waals surface area contributed by atoms with Gasteiger partial charge in [0.05, 0.1) is 23.1 Å². The van der Waals surface area contributed by atoms with E-state index in [2.05, 4.69) is 9.97 Å². The molecule has 1 heterocycles. The Labute approximate surface area is 85.9 Å². The van der Waals surface area contributed by atoms with Crippen molar-refractivity contribution < 1.29 is 4.92 Å². The van der Waals surface area contributed by atoms with Crippen LogP contribution in [0.1, 0.15) is 5.56 Å². The van der Waals surface area contributed by atoms with Crippen molar-refractivity contribution in [2.24, 2.45) is 0 Å². The highest BCUT2D eigenvalue weighted by Gasteiger charge is 2.10. The van der Waals surface area contributed by atoms with Crippen LogP contribution in [0.5, 0.6) is 0 Å². The summed E-state index contributed by atoms with van der Waals surface area (Å²) in [6.07, 6.45) is 3.26. The van der Waals surface area contributed by atoms with Crippen LogP contribution < -0.4 is 0 Å². The van der Waals surface area contributed by atoms with Crippen molar-refractivity contribution in [1.29, 1.82) is 0 Å². The molecule has 76 valence electrons. The molecule has 0 radical (unpaired) electrons. The van der Waals surface area contributed by atoms with E-state index < -0.39 is 0 Å². The Hall–Kier alpha value is -2.17. The zero-order valence-corrected chi connectivity index (χ0v) is 8.10. The molecular weight excluding hydrogens is 194 g/mol. The molecule has 0 atom stereocenters. The zero-order chi connectivity index (χ0) is 10.8. The summed E-state index contributed by atoms with van der Waals surface area (Å²) >= 11 is 0. The summed E-state index contributed by atoms with van der Waals surface area (Å²) in [5.74, 6) is 0. The van der Waals surface area contributed by atoms with Crippen LogP contribution in [-0.4, -0.2) is 14.9 Å². The lowest BCUT2D eigenvalue weighted by Crippen LogP contribution is -1.91. The van der Waals surface area contributed by atoms with Gasteiger partial charge in [0.2, 0.25) is 0 Å². The molecule has 5 heteroatoms. The van der Waals surface area contributed by atoms with Gasteiger partial charge in [-0.3, -0.25) is 10.1 Å². The second-order valence-corrected chi connectivity index (χ2v) is 3.22. The minimum Gasteiger partial charge on any atom is -0.345 e. The molecule has 0 unspecified atom stereocenters. The van der Waals surface area contributed by atoms with E-state index in [4.69, 9.17) is 0 Å². The summed E-state index contributed by atoms with van der Waals surface area (Å²) in [5.41, 5.74) is 2.54.